The average molecular weight is 316 g/mol. The van der Waals surface area contributed by atoms with E-state index < -0.39 is 0 Å². The van der Waals surface area contributed by atoms with Crippen LogP contribution in [0.4, 0.5) is 0 Å². The Balaban J connectivity index is 1.54. The number of amides is 1. The van der Waals surface area contributed by atoms with E-state index in [1.807, 2.05) is 16.5 Å². The molecular formula is C16H20N4OS. The highest BCUT2D eigenvalue weighted by atomic mass is 32.1. The van der Waals surface area contributed by atoms with E-state index >= 15 is 0 Å². The molecule has 6 heteroatoms. The van der Waals surface area contributed by atoms with Gasteiger partial charge in [-0.2, -0.15) is 0 Å². The number of carbonyl (C=O) groups is 1. The van der Waals surface area contributed by atoms with Gasteiger partial charge in [-0.15, -0.1) is 11.3 Å². The summed E-state index contributed by atoms with van der Waals surface area (Å²) in [6.45, 7) is 2.69. The van der Waals surface area contributed by atoms with Crippen molar-refractivity contribution in [2.24, 2.45) is 0 Å². The number of aryl methyl sites for hydroxylation is 1. The summed E-state index contributed by atoms with van der Waals surface area (Å²) in [6, 6.07) is 0. The van der Waals surface area contributed by atoms with Gasteiger partial charge in [0.15, 0.2) is 0 Å². The number of likely N-dealkylation sites (tertiary alicyclic amines) is 1. The smallest absolute Gasteiger partial charge is 0.273 e. The number of thiazole rings is 1. The highest BCUT2D eigenvalue weighted by Gasteiger charge is 2.29. The predicted octanol–water partition coefficient (Wildman–Crippen LogP) is 2.70. The Hall–Kier alpha value is -1.69. The zero-order chi connectivity index (χ0) is 14.9. The number of nitrogens with zero attached hydrogens (tertiary/aromatic N) is 4. The molecule has 22 heavy (non-hydrogen) atoms. The number of hydrogen-bond donors (Lipinski definition) is 0. The minimum atomic E-state index is 0.0661. The van der Waals surface area contributed by atoms with Crippen LogP contribution in [0.2, 0.25) is 0 Å². The summed E-state index contributed by atoms with van der Waals surface area (Å²) in [5, 5.41) is 1.84. The Morgan fingerprint density at radius 1 is 1.23 bits per heavy atom. The number of aromatic nitrogens is 3. The molecule has 116 valence electrons. The summed E-state index contributed by atoms with van der Waals surface area (Å²) in [5.74, 6) is 1.62. The standard InChI is InChI=1S/C16H20N4OS/c21-16(14-10-22-11-18-14)19-6-3-4-12(9-19)15-17-8-13-5-1-2-7-20(13)15/h8,10-12H,1-7,9H2. The van der Waals surface area contributed by atoms with Gasteiger partial charge in [0.25, 0.3) is 5.91 Å². The fourth-order valence-corrected chi connectivity index (χ4v) is 4.17. The lowest BCUT2D eigenvalue weighted by atomic mass is 9.96. The van der Waals surface area contributed by atoms with Crippen LogP contribution in [0.25, 0.3) is 0 Å². The average Bonchev–Trinajstić information content (AvgIpc) is 3.24. The molecule has 1 atom stereocenters. The number of piperidine rings is 1. The topological polar surface area (TPSA) is 51.0 Å². The molecule has 0 spiro atoms. The third-order valence-electron chi connectivity index (χ3n) is 4.76. The summed E-state index contributed by atoms with van der Waals surface area (Å²) in [6.07, 6.45) is 7.85. The zero-order valence-electron chi connectivity index (χ0n) is 12.6. The minimum absolute atomic E-state index is 0.0661. The lowest BCUT2D eigenvalue weighted by Gasteiger charge is -2.32. The molecule has 1 saturated heterocycles. The summed E-state index contributed by atoms with van der Waals surface area (Å²) in [4.78, 5) is 23.3. The maximum absolute atomic E-state index is 12.5. The molecule has 0 aromatic carbocycles. The van der Waals surface area contributed by atoms with Crippen molar-refractivity contribution in [1.29, 1.82) is 0 Å². The molecule has 4 rings (SSSR count). The highest BCUT2D eigenvalue weighted by Crippen LogP contribution is 2.29. The molecule has 0 aliphatic carbocycles. The van der Waals surface area contributed by atoms with E-state index in [-0.39, 0.29) is 5.91 Å². The molecule has 2 aliphatic rings. The van der Waals surface area contributed by atoms with E-state index in [0.717, 1.165) is 38.9 Å². The molecule has 5 nitrogen and oxygen atoms in total. The van der Waals surface area contributed by atoms with E-state index in [2.05, 4.69) is 14.5 Å². The Kier molecular flexibility index (Phi) is 3.70. The molecule has 1 amide bonds. The maximum Gasteiger partial charge on any atom is 0.273 e. The first-order valence-electron chi connectivity index (χ1n) is 8.04. The van der Waals surface area contributed by atoms with Crippen LogP contribution in [0.1, 0.15) is 53.6 Å². The lowest BCUT2D eigenvalue weighted by molar-refractivity contribution is 0.0698. The van der Waals surface area contributed by atoms with Crippen LogP contribution < -0.4 is 0 Å². The van der Waals surface area contributed by atoms with Gasteiger partial charge < -0.3 is 9.47 Å². The number of imidazole rings is 1. The zero-order valence-corrected chi connectivity index (χ0v) is 13.4. The first-order valence-corrected chi connectivity index (χ1v) is 8.99. The van der Waals surface area contributed by atoms with Gasteiger partial charge in [-0.05, 0) is 32.1 Å². The van der Waals surface area contributed by atoms with Gasteiger partial charge in [0.2, 0.25) is 0 Å². The monoisotopic (exact) mass is 316 g/mol. The van der Waals surface area contributed by atoms with Crippen molar-refractivity contribution in [1.82, 2.24) is 19.4 Å². The van der Waals surface area contributed by atoms with Gasteiger partial charge >= 0.3 is 0 Å². The molecule has 2 aromatic rings. The molecule has 1 unspecified atom stereocenters. The van der Waals surface area contributed by atoms with Crippen LogP contribution in [0.5, 0.6) is 0 Å². The SMILES string of the molecule is O=C(c1cscn1)N1CCCC(c2ncc3n2CCCC3)C1. The van der Waals surface area contributed by atoms with Gasteiger partial charge in [-0.1, -0.05) is 0 Å². The van der Waals surface area contributed by atoms with E-state index in [1.165, 1.54) is 35.7 Å². The number of rotatable bonds is 2. The van der Waals surface area contributed by atoms with Crippen molar-refractivity contribution in [3.8, 4) is 0 Å². The first-order chi connectivity index (χ1) is 10.8. The Labute approximate surface area is 134 Å². The van der Waals surface area contributed by atoms with Crippen molar-refractivity contribution in [2.75, 3.05) is 13.1 Å². The van der Waals surface area contributed by atoms with Crippen molar-refractivity contribution >= 4 is 17.2 Å². The van der Waals surface area contributed by atoms with Crippen LogP contribution >= 0.6 is 11.3 Å². The molecule has 1 fully saturated rings. The summed E-state index contributed by atoms with van der Waals surface area (Å²) >= 11 is 1.47. The van der Waals surface area contributed by atoms with Crippen LogP contribution in [-0.2, 0) is 13.0 Å². The van der Waals surface area contributed by atoms with Gasteiger partial charge in [0, 0.05) is 42.8 Å². The molecular weight excluding hydrogens is 296 g/mol. The van der Waals surface area contributed by atoms with Gasteiger partial charge in [0.05, 0.1) is 5.51 Å². The van der Waals surface area contributed by atoms with E-state index in [9.17, 15) is 4.79 Å². The van der Waals surface area contributed by atoms with E-state index in [0.29, 0.717) is 11.6 Å². The van der Waals surface area contributed by atoms with Crippen LogP contribution in [0, 0.1) is 0 Å². The fourth-order valence-electron chi connectivity index (χ4n) is 3.64. The molecule has 4 heterocycles. The van der Waals surface area contributed by atoms with Crippen LogP contribution in [0.3, 0.4) is 0 Å². The van der Waals surface area contributed by atoms with Crippen molar-refractivity contribution in [3.63, 3.8) is 0 Å². The van der Waals surface area contributed by atoms with Crippen LogP contribution in [0.15, 0.2) is 17.1 Å². The minimum Gasteiger partial charge on any atom is -0.337 e. The van der Waals surface area contributed by atoms with Crippen molar-refractivity contribution < 1.29 is 4.79 Å². The van der Waals surface area contributed by atoms with Gasteiger partial charge in [-0.3, -0.25) is 4.79 Å². The second-order valence-electron chi connectivity index (χ2n) is 6.18. The molecule has 0 radical (unpaired) electrons. The molecule has 0 saturated carbocycles. The second kappa shape index (κ2) is 5.83. The molecule has 0 N–H and O–H groups in total. The quantitative estimate of drug-likeness (QED) is 0.856. The second-order valence-corrected chi connectivity index (χ2v) is 6.90. The Morgan fingerprint density at radius 2 is 2.18 bits per heavy atom. The number of hydrogen-bond acceptors (Lipinski definition) is 4. The molecule has 2 aliphatic heterocycles. The normalized spacial score (nSPS) is 21.6. The predicted molar refractivity (Wildman–Crippen MR) is 85.2 cm³/mol. The lowest BCUT2D eigenvalue weighted by Crippen LogP contribution is -2.40. The summed E-state index contributed by atoms with van der Waals surface area (Å²) in [7, 11) is 0. The molecule has 0 bridgehead atoms. The number of fused-ring (bicyclic) bond motifs is 1. The third-order valence-corrected chi connectivity index (χ3v) is 5.35. The maximum atomic E-state index is 12.5. The largest absolute Gasteiger partial charge is 0.337 e. The van der Waals surface area contributed by atoms with Gasteiger partial charge in [-0.25, -0.2) is 9.97 Å². The van der Waals surface area contributed by atoms with Crippen LogP contribution in [-0.4, -0.2) is 38.4 Å². The third kappa shape index (κ3) is 2.45. The summed E-state index contributed by atoms with van der Waals surface area (Å²) < 4.78 is 2.39. The Bertz CT molecular complexity index is 664. The van der Waals surface area contributed by atoms with Crippen molar-refractivity contribution in [2.45, 2.75) is 44.6 Å². The highest BCUT2D eigenvalue weighted by molar-refractivity contribution is 7.07. The number of carbonyl (C=O) groups excluding carboxylic acids is 1. The Morgan fingerprint density at radius 3 is 3.05 bits per heavy atom. The van der Waals surface area contributed by atoms with Crippen molar-refractivity contribution in [3.05, 3.63) is 34.3 Å². The fraction of sp³-hybridized carbons (Fsp3) is 0.562. The van der Waals surface area contributed by atoms with E-state index in [4.69, 9.17) is 0 Å². The first kappa shape index (κ1) is 13.9. The van der Waals surface area contributed by atoms with Gasteiger partial charge in [0.1, 0.15) is 11.5 Å². The van der Waals surface area contributed by atoms with E-state index in [1.54, 1.807) is 5.51 Å². The molecule has 2 aromatic heterocycles. The summed E-state index contributed by atoms with van der Waals surface area (Å²) in [5.41, 5.74) is 3.67.